The molecule has 0 aliphatic carbocycles. The normalized spacial score (nSPS) is 11.4. The molecule has 14 nitrogen and oxygen atoms in total. The Hall–Kier alpha value is -8.33. The SMILES string of the molecule is COc1ccc(-c2cc(C(=O)Nc3ccc(CC(=O)NS(=O)(=O)c4ccccc4)cc3)c(C(F)(F)F)o2)cc1.COc1ccc(-c2cc(C(=O)Nc3ccc(CC(=O)O)cc3)c(C(F)(F)F)o2)cc1. The number of hydrogen-bond acceptors (Lipinski definition) is 10. The maximum Gasteiger partial charge on any atom is 0.450 e. The van der Waals surface area contributed by atoms with E-state index >= 15 is 0 Å². The van der Waals surface area contributed by atoms with Gasteiger partial charge in [0.1, 0.15) is 23.0 Å². The highest BCUT2D eigenvalue weighted by Crippen LogP contribution is 2.39. The number of carbonyl (C=O) groups excluding carboxylic acids is 3. The zero-order valence-electron chi connectivity index (χ0n) is 35.9. The molecule has 0 spiro atoms. The Labute approximate surface area is 388 Å². The summed E-state index contributed by atoms with van der Waals surface area (Å²) < 4.78 is 128. The van der Waals surface area contributed by atoms with Crippen molar-refractivity contribution in [1.82, 2.24) is 4.72 Å². The number of sulfonamides is 1. The van der Waals surface area contributed by atoms with Gasteiger partial charge in [-0.2, -0.15) is 26.3 Å². The third-order valence-corrected chi connectivity index (χ3v) is 11.1. The molecular weight excluding hydrogens is 941 g/mol. The van der Waals surface area contributed by atoms with Gasteiger partial charge in [-0.1, -0.05) is 42.5 Å². The van der Waals surface area contributed by atoms with Crippen LogP contribution in [0.1, 0.15) is 43.4 Å². The van der Waals surface area contributed by atoms with E-state index in [0.29, 0.717) is 33.8 Å². The van der Waals surface area contributed by atoms with Gasteiger partial charge in [0.15, 0.2) is 0 Å². The van der Waals surface area contributed by atoms with E-state index in [4.69, 9.17) is 23.4 Å². The summed E-state index contributed by atoms with van der Waals surface area (Å²) in [4.78, 5) is 48.2. The average Bonchev–Trinajstić information content (AvgIpc) is 3.99. The van der Waals surface area contributed by atoms with Crippen molar-refractivity contribution in [3.63, 3.8) is 0 Å². The summed E-state index contributed by atoms with van der Waals surface area (Å²) in [6.07, 6.45) is -10.3. The molecule has 2 heterocycles. The van der Waals surface area contributed by atoms with Crippen molar-refractivity contribution >= 4 is 45.1 Å². The maximum absolute atomic E-state index is 13.6. The molecule has 7 rings (SSSR count). The first-order valence-corrected chi connectivity index (χ1v) is 21.5. The number of halogens is 6. The van der Waals surface area contributed by atoms with Gasteiger partial charge in [0.25, 0.3) is 21.8 Å². The minimum absolute atomic E-state index is 0.0657. The lowest BCUT2D eigenvalue weighted by Gasteiger charge is -2.09. The van der Waals surface area contributed by atoms with Crippen molar-refractivity contribution in [3.8, 4) is 34.1 Å². The summed E-state index contributed by atoms with van der Waals surface area (Å²) in [5, 5.41) is 13.5. The van der Waals surface area contributed by atoms with E-state index in [0.717, 1.165) is 12.1 Å². The molecular formula is C48H37F6N3O11S. The van der Waals surface area contributed by atoms with Gasteiger partial charge in [0.2, 0.25) is 17.4 Å². The van der Waals surface area contributed by atoms with Gasteiger partial charge in [-0.15, -0.1) is 0 Å². The van der Waals surface area contributed by atoms with Crippen LogP contribution in [-0.2, 0) is 44.8 Å². The molecule has 0 aliphatic heterocycles. The molecule has 0 unspecified atom stereocenters. The Kier molecular flexibility index (Phi) is 15.3. The first-order valence-electron chi connectivity index (χ1n) is 20.0. The number of benzene rings is 5. The van der Waals surface area contributed by atoms with Crippen LogP contribution >= 0.6 is 0 Å². The van der Waals surface area contributed by atoms with E-state index < -0.39 is 68.7 Å². The highest BCUT2D eigenvalue weighted by molar-refractivity contribution is 7.90. The van der Waals surface area contributed by atoms with Gasteiger partial charge < -0.3 is 34.0 Å². The number of anilines is 2. The first kappa shape index (κ1) is 50.1. The molecule has 21 heteroatoms. The van der Waals surface area contributed by atoms with Gasteiger partial charge in [-0.25, -0.2) is 13.1 Å². The van der Waals surface area contributed by atoms with Crippen LogP contribution in [0.25, 0.3) is 22.6 Å². The molecule has 358 valence electrons. The summed E-state index contributed by atoms with van der Waals surface area (Å²) in [6.45, 7) is 0. The topological polar surface area (TPSA) is 203 Å². The second kappa shape index (κ2) is 21.1. The molecule has 69 heavy (non-hydrogen) atoms. The Bertz CT molecular complexity index is 3040. The zero-order valence-corrected chi connectivity index (χ0v) is 36.7. The Morgan fingerprint density at radius 3 is 1.32 bits per heavy atom. The number of methoxy groups -OCH3 is 2. The summed E-state index contributed by atoms with van der Waals surface area (Å²) in [5.41, 5.74) is 0.564. The third kappa shape index (κ3) is 13.2. The number of carboxylic acid groups (broad SMARTS) is 1. The summed E-state index contributed by atoms with van der Waals surface area (Å²) >= 11 is 0. The smallest absolute Gasteiger partial charge is 0.450 e. The van der Waals surface area contributed by atoms with E-state index in [1.165, 1.54) is 111 Å². The highest BCUT2D eigenvalue weighted by atomic mass is 32.2. The van der Waals surface area contributed by atoms with Crippen LogP contribution in [0.5, 0.6) is 11.5 Å². The number of ether oxygens (including phenoxy) is 2. The van der Waals surface area contributed by atoms with E-state index in [1.54, 1.807) is 30.3 Å². The number of amides is 3. The van der Waals surface area contributed by atoms with Crippen molar-refractivity contribution in [1.29, 1.82) is 0 Å². The maximum atomic E-state index is 13.6. The minimum Gasteiger partial charge on any atom is -0.497 e. The second-order valence-electron chi connectivity index (χ2n) is 14.6. The fourth-order valence-corrected chi connectivity index (χ4v) is 7.35. The van der Waals surface area contributed by atoms with Crippen LogP contribution in [0.4, 0.5) is 37.7 Å². The summed E-state index contributed by atoms with van der Waals surface area (Å²) in [7, 11) is -1.13. The lowest BCUT2D eigenvalue weighted by Crippen LogP contribution is -2.31. The van der Waals surface area contributed by atoms with Crippen LogP contribution in [-0.4, -0.2) is 51.4 Å². The van der Waals surface area contributed by atoms with Crippen molar-refractivity contribution in [2.24, 2.45) is 0 Å². The number of hydrogen-bond donors (Lipinski definition) is 4. The molecule has 0 radical (unpaired) electrons. The van der Waals surface area contributed by atoms with Gasteiger partial charge in [-0.3, -0.25) is 19.2 Å². The van der Waals surface area contributed by atoms with Crippen molar-refractivity contribution in [3.05, 3.63) is 173 Å². The van der Waals surface area contributed by atoms with Crippen molar-refractivity contribution in [2.45, 2.75) is 30.1 Å². The molecule has 4 N–H and O–H groups in total. The molecule has 0 saturated carbocycles. The molecule has 0 fully saturated rings. The molecule has 2 aromatic heterocycles. The molecule has 5 aromatic carbocycles. The standard InChI is InChI=1S/C27H21F3N2O6S.C21H16F3NO5/c1-37-20-13-9-18(10-14-20)23-16-22(25(38-23)27(28,29)30)26(34)31-19-11-7-17(8-12-19)15-24(33)32-39(35,36)21-5-3-2-4-6-21;1-29-15-8-4-13(5-9-15)17-11-16(19(30-17)21(22,23)24)20(28)25-14-6-2-12(3-7-14)10-18(26)27/h2-14,16H,15H2,1H3,(H,31,34)(H,32,33);2-9,11H,10H2,1H3,(H,25,28)(H,26,27). The van der Waals surface area contributed by atoms with Gasteiger partial charge >= 0.3 is 18.3 Å². The highest BCUT2D eigenvalue weighted by Gasteiger charge is 2.42. The number of rotatable bonds is 14. The van der Waals surface area contributed by atoms with E-state index in [1.807, 2.05) is 4.72 Å². The fourth-order valence-electron chi connectivity index (χ4n) is 6.35. The summed E-state index contributed by atoms with van der Waals surface area (Å²) in [5.74, 6) is -5.97. The fraction of sp³-hybridized carbons (Fsp3) is 0.125. The number of nitrogens with one attached hydrogen (secondary N) is 3. The number of furan rings is 2. The lowest BCUT2D eigenvalue weighted by molar-refractivity contribution is -0.153. The number of alkyl halides is 6. The largest absolute Gasteiger partial charge is 0.497 e. The van der Waals surface area contributed by atoms with E-state index in [2.05, 4.69) is 10.6 Å². The quantitative estimate of drug-likeness (QED) is 0.0755. The average molecular weight is 978 g/mol. The molecule has 0 atom stereocenters. The van der Waals surface area contributed by atoms with Crippen LogP contribution in [0.3, 0.4) is 0 Å². The van der Waals surface area contributed by atoms with Crippen LogP contribution < -0.4 is 24.8 Å². The van der Waals surface area contributed by atoms with Gasteiger partial charge in [0, 0.05) is 22.5 Å². The molecule has 3 amide bonds. The lowest BCUT2D eigenvalue weighted by atomic mass is 10.1. The molecule has 7 aromatic rings. The van der Waals surface area contributed by atoms with Crippen molar-refractivity contribution in [2.75, 3.05) is 24.9 Å². The van der Waals surface area contributed by atoms with Crippen LogP contribution in [0.2, 0.25) is 0 Å². The number of aliphatic carboxylic acids is 1. The van der Waals surface area contributed by atoms with Crippen molar-refractivity contribution < 1.29 is 77.4 Å². The number of carboxylic acids is 1. The Balaban J connectivity index is 0.000000235. The first-order chi connectivity index (χ1) is 32.6. The molecule has 0 aliphatic rings. The van der Waals surface area contributed by atoms with Gasteiger partial charge in [0.05, 0.1) is 43.1 Å². The Morgan fingerprint density at radius 2 is 0.957 bits per heavy atom. The predicted molar refractivity (Wildman–Crippen MR) is 237 cm³/mol. The number of carbonyl (C=O) groups is 4. The molecule has 0 saturated heterocycles. The van der Waals surface area contributed by atoms with Gasteiger partial charge in [-0.05, 0) is 108 Å². The van der Waals surface area contributed by atoms with E-state index in [9.17, 15) is 53.9 Å². The third-order valence-electron chi connectivity index (χ3n) is 9.66. The monoisotopic (exact) mass is 977 g/mol. The van der Waals surface area contributed by atoms with Crippen LogP contribution in [0, 0.1) is 0 Å². The molecule has 0 bridgehead atoms. The summed E-state index contributed by atoms with van der Waals surface area (Å²) in [6, 6.07) is 33.0. The Morgan fingerprint density at radius 1 is 0.565 bits per heavy atom. The van der Waals surface area contributed by atoms with Crippen LogP contribution in [0.15, 0.2) is 153 Å². The minimum atomic E-state index is -4.92. The second-order valence-corrected chi connectivity index (χ2v) is 16.2. The van der Waals surface area contributed by atoms with E-state index in [-0.39, 0.29) is 40.6 Å². The predicted octanol–water partition coefficient (Wildman–Crippen LogP) is 10.1. The zero-order chi connectivity index (χ0) is 50.1.